The zero-order valence-corrected chi connectivity index (χ0v) is 9.46. The van der Waals surface area contributed by atoms with Crippen molar-refractivity contribution in [1.82, 2.24) is 0 Å². The van der Waals surface area contributed by atoms with Crippen molar-refractivity contribution in [1.29, 1.82) is 0 Å². The maximum atomic E-state index is 10.3. The Kier molecular flexibility index (Phi) is 13.8. The lowest BCUT2D eigenvalue weighted by atomic mass is 10.8. The molecule has 0 aliphatic rings. The highest BCUT2D eigenvalue weighted by Crippen LogP contribution is 1.85. The van der Waals surface area contributed by atoms with Gasteiger partial charge in [-0.15, -0.1) is 0 Å². The second kappa shape index (κ2) is 12.3. The SMILES string of the molecule is C=COC(C)=O.CCOS(=O)OCC. The normalized spacial score (nSPS) is 8.86. The van der Waals surface area contributed by atoms with Crippen LogP contribution in [0.15, 0.2) is 12.8 Å². The van der Waals surface area contributed by atoms with E-state index in [1.54, 1.807) is 13.8 Å². The predicted molar refractivity (Wildman–Crippen MR) is 53.4 cm³/mol. The lowest BCUT2D eigenvalue weighted by molar-refractivity contribution is -0.135. The van der Waals surface area contributed by atoms with Gasteiger partial charge in [0, 0.05) is 6.92 Å². The molecular formula is C8H16O5S. The van der Waals surface area contributed by atoms with Gasteiger partial charge in [-0.1, -0.05) is 6.58 Å². The third kappa shape index (κ3) is 17.4. The minimum Gasteiger partial charge on any atom is -0.435 e. The highest BCUT2D eigenvalue weighted by atomic mass is 32.2. The molecule has 0 aromatic heterocycles. The molecule has 0 saturated heterocycles. The van der Waals surface area contributed by atoms with E-state index in [1.165, 1.54) is 6.92 Å². The van der Waals surface area contributed by atoms with Crippen LogP contribution in [0.1, 0.15) is 20.8 Å². The Balaban J connectivity index is 0. The molecule has 0 radical (unpaired) electrons. The van der Waals surface area contributed by atoms with Gasteiger partial charge in [0.2, 0.25) is 0 Å². The third-order valence-electron chi connectivity index (χ3n) is 0.677. The lowest BCUT2D eigenvalue weighted by Gasteiger charge is -1.95. The summed E-state index contributed by atoms with van der Waals surface area (Å²) < 4.78 is 23.5. The zero-order valence-electron chi connectivity index (χ0n) is 8.65. The van der Waals surface area contributed by atoms with Gasteiger partial charge in [-0.3, -0.25) is 13.2 Å². The Labute approximate surface area is 86.9 Å². The first-order valence-corrected chi connectivity index (χ1v) is 5.04. The van der Waals surface area contributed by atoms with Gasteiger partial charge < -0.3 is 4.74 Å². The summed E-state index contributed by atoms with van der Waals surface area (Å²) in [6.45, 7) is 8.85. The van der Waals surface area contributed by atoms with Crippen molar-refractivity contribution >= 4 is 17.3 Å². The van der Waals surface area contributed by atoms with E-state index in [2.05, 4.69) is 19.7 Å². The summed E-state index contributed by atoms with van der Waals surface area (Å²) in [7, 11) is 0. The molecule has 0 fully saturated rings. The largest absolute Gasteiger partial charge is 0.435 e. The highest BCUT2D eigenvalue weighted by molar-refractivity contribution is 7.75. The summed E-state index contributed by atoms with van der Waals surface area (Å²) in [5, 5.41) is 0. The molecule has 0 spiro atoms. The maximum Gasteiger partial charge on any atom is 0.307 e. The summed E-state index contributed by atoms with van der Waals surface area (Å²) in [4.78, 5) is 9.75. The first-order valence-electron chi connectivity index (χ1n) is 4.04. The molecule has 14 heavy (non-hydrogen) atoms. The fourth-order valence-electron chi connectivity index (χ4n) is 0.344. The molecule has 0 atom stereocenters. The summed E-state index contributed by atoms with van der Waals surface area (Å²) in [5.41, 5.74) is 0. The number of hydrogen-bond acceptors (Lipinski definition) is 5. The summed E-state index contributed by atoms with van der Waals surface area (Å²) in [5.74, 6) is -0.329. The molecule has 84 valence electrons. The van der Waals surface area contributed by atoms with E-state index in [4.69, 9.17) is 0 Å². The van der Waals surface area contributed by atoms with Gasteiger partial charge in [0.05, 0.1) is 19.5 Å². The molecule has 0 rings (SSSR count). The van der Waals surface area contributed by atoms with Crippen molar-refractivity contribution in [3.05, 3.63) is 12.8 Å². The smallest absolute Gasteiger partial charge is 0.307 e. The topological polar surface area (TPSA) is 61.8 Å². The van der Waals surface area contributed by atoms with E-state index in [0.29, 0.717) is 13.2 Å². The molecule has 0 aromatic carbocycles. The molecule has 0 bridgehead atoms. The lowest BCUT2D eigenvalue weighted by Crippen LogP contribution is -2.00. The van der Waals surface area contributed by atoms with Crippen LogP contribution < -0.4 is 0 Å². The summed E-state index contributed by atoms with van der Waals surface area (Å²) in [6.07, 6.45) is 1.10. The molecule has 0 aromatic rings. The Bertz CT molecular complexity index is 173. The van der Waals surface area contributed by atoms with Crippen LogP contribution in [0.2, 0.25) is 0 Å². The molecule has 0 amide bonds. The molecular weight excluding hydrogens is 208 g/mol. The molecule has 0 N–H and O–H groups in total. The van der Waals surface area contributed by atoms with Gasteiger partial charge >= 0.3 is 17.3 Å². The minimum absolute atomic E-state index is 0.329. The predicted octanol–water partition coefficient (Wildman–Crippen LogP) is 1.33. The number of esters is 1. The molecule has 0 aliphatic carbocycles. The Morgan fingerprint density at radius 3 is 1.93 bits per heavy atom. The minimum atomic E-state index is -1.52. The maximum absolute atomic E-state index is 10.3. The fraction of sp³-hybridized carbons (Fsp3) is 0.625. The molecule has 0 aliphatic heterocycles. The van der Waals surface area contributed by atoms with Gasteiger partial charge in [0.15, 0.2) is 0 Å². The second-order valence-corrected chi connectivity index (χ2v) is 2.67. The molecule has 6 heteroatoms. The van der Waals surface area contributed by atoms with E-state index in [0.717, 1.165) is 6.26 Å². The van der Waals surface area contributed by atoms with Crippen molar-refractivity contribution in [2.24, 2.45) is 0 Å². The van der Waals surface area contributed by atoms with Crippen LogP contribution >= 0.6 is 0 Å². The summed E-state index contributed by atoms with van der Waals surface area (Å²) in [6, 6.07) is 0. The van der Waals surface area contributed by atoms with Crippen molar-refractivity contribution in [3.63, 3.8) is 0 Å². The first-order chi connectivity index (χ1) is 6.58. The van der Waals surface area contributed by atoms with Gasteiger partial charge in [0.1, 0.15) is 0 Å². The Morgan fingerprint density at radius 1 is 1.36 bits per heavy atom. The van der Waals surface area contributed by atoms with E-state index in [1.807, 2.05) is 0 Å². The highest BCUT2D eigenvalue weighted by Gasteiger charge is 1.93. The zero-order chi connectivity index (χ0) is 11.4. The summed E-state index contributed by atoms with van der Waals surface area (Å²) >= 11 is -1.52. The Hall–Kier alpha value is -0.720. The average molecular weight is 224 g/mol. The van der Waals surface area contributed by atoms with E-state index in [-0.39, 0.29) is 5.97 Å². The van der Waals surface area contributed by atoms with Gasteiger partial charge in [-0.25, -0.2) is 0 Å². The monoisotopic (exact) mass is 224 g/mol. The quantitative estimate of drug-likeness (QED) is 0.521. The van der Waals surface area contributed by atoms with Crippen LogP contribution in [-0.2, 0) is 29.3 Å². The molecule has 0 saturated carbocycles. The van der Waals surface area contributed by atoms with Crippen molar-refractivity contribution < 1.29 is 22.1 Å². The van der Waals surface area contributed by atoms with Gasteiger partial charge in [-0.2, -0.15) is 4.21 Å². The second-order valence-electron chi connectivity index (χ2n) is 1.79. The molecule has 5 nitrogen and oxygen atoms in total. The van der Waals surface area contributed by atoms with E-state index >= 15 is 0 Å². The molecule has 0 unspecified atom stereocenters. The first kappa shape index (κ1) is 15.7. The van der Waals surface area contributed by atoms with Crippen molar-refractivity contribution in [3.8, 4) is 0 Å². The van der Waals surface area contributed by atoms with Crippen LogP contribution in [0, 0.1) is 0 Å². The van der Waals surface area contributed by atoms with Crippen LogP contribution in [0.25, 0.3) is 0 Å². The number of carbonyl (C=O) groups is 1. The average Bonchev–Trinajstić information content (AvgIpc) is 2.05. The van der Waals surface area contributed by atoms with Crippen LogP contribution in [0.4, 0.5) is 0 Å². The van der Waals surface area contributed by atoms with Gasteiger partial charge in [-0.05, 0) is 13.8 Å². The van der Waals surface area contributed by atoms with Crippen LogP contribution in [0.3, 0.4) is 0 Å². The van der Waals surface area contributed by atoms with E-state index < -0.39 is 11.4 Å². The Morgan fingerprint density at radius 2 is 1.79 bits per heavy atom. The van der Waals surface area contributed by atoms with Crippen LogP contribution in [-0.4, -0.2) is 23.4 Å². The van der Waals surface area contributed by atoms with Crippen LogP contribution in [0.5, 0.6) is 0 Å². The number of rotatable bonds is 5. The molecule has 0 heterocycles. The standard InChI is InChI=1S/C4H10O3S.C4H6O2/c1-3-6-8(5)7-4-2;1-3-6-4(2)5/h3-4H2,1-2H3;3H,1H2,2H3. The fourth-order valence-corrected chi connectivity index (χ4v) is 0.797. The number of hydrogen-bond donors (Lipinski definition) is 0. The van der Waals surface area contributed by atoms with Gasteiger partial charge in [0.25, 0.3) is 0 Å². The van der Waals surface area contributed by atoms with Crippen molar-refractivity contribution in [2.75, 3.05) is 13.2 Å². The number of ether oxygens (including phenoxy) is 1. The number of carbonyl (C=O) groups excluding carboxylic acids is 1. The third-order valence-corrected chi connectivity index (χ3v) is 1.53. The van der Waals surface area contributed by atoms with Crippen molar-refractivity contribution in [2.45, 2.75) is 20.8 Å². The van der Waals surface area contributed by atoms with E-state index in [9.17, 15) is 9.00 Å².